The number of nitrogens with zero attached hydrogens (tertiary/aromatic N) is 2. The van der Waals surface area contributed by atoms with Gasteiger partial charge in [0, 0.05) is 43.3 Å². The van der Waals surface area contributed by atoms with Crippen LogP contribution in [0.4, 0.5) is 11.4 Å². The van der Waals surface area contributed by atoms with Crippen molar-refractivity contribution in [1.29, 1.82) is 0 Å². The summed E-state index contributed by atoms with van der Waals surface area (Å²) in [6.07, 6.45) is 2.35. The van der Waals surface area contributed by atoms with E-state index in [4.69, 9.17) is 0 Å². The third-order valence-corrected chi connectivity index (χ3v) is 3.75. The predicted molar refractivity (Wildman–Crippen MR) is 109 cm³/mol. The molecule has 0 aliphatic carbocycles. The van der Waals surface area contributed by atoms with Gasteiger partial charge in [-0.1, -0.05) is 41.2 Å². The van der Waals surface area contributed by atoms with Gasteiger partial charge in [0.1, 0.15) is 0 Å². The fourth-order valence-corrected chi connectivity index (χ4v) is 3.10. The van der Waals surface area contributed by atoms with E-state index in [9.17, 15) is 0 Å². The summed E-state index contributed by atoms with van der Waals surface area (Å²) in [6, 6.07) is 8.73. The fourth-order valence-electron chi connectivity index (χ4n) is 3.10. The molecule has 0 heterocycles. The molecule has 3 heteroatoms. The van der Waals surface area contributed by atoms with Crippen LogP contribution in [0.5, 0.6) is 0 Å². The summed E-state index contributed by atoms with van der Waals surface area (Å²) >= 11 is 0. The zero-order valence-electron chi connectivity index (χ0n) is 16.7. The van der Waals surface area contributed by atoms with Crippen molar-refractivity contribution in [3.05, 3.63) is 36.5 Å². The lowest BCUT2D eigenvalue weighted by Gasteiger charge is -2.27. The van der Waals surface area contributed by atoms with E-state index in [1.807, 2.05) is 0 Å². The highest BCUT2D eigenvalue weighted by Gasteiger charge is 2.14. The number of benzene rings is 1. The molecule has 1 rings (SSSR count). The highest BCUT2D eigenvalue weighted by Crippen LogP contribution is 2.20. The van der Waals surface area contributed by atoms with Crippen molar-refractivity contribution in [2.75, 3.05) is 43.4 Å². The molecule has 0 unspecified atom stereocenters. The normalized spacial score (nSPS) is 11.6. The minimum atomic E-state index is 0.304. The van der Waals surface area contributed by atoms with Crippen LogP contribution in [0, 0.1) is 5.41 Å². The number of hydrogen-bond donors (Lipinski definition) is 1. The van der Waals surface area contributed by atoms with Crippen molar-refractivity contribution in [1.82, 2.24) is 4.90 Å². The highest BCUT2D eigenvalue weighted by atomic mass is 15.1. The molecule has 1 N–H and O–H groups in total. The van der Waals surface area contributed by atoms with Crippen molar-refractivity contribution < 1.29 is 0 Å². The molecule has 0 amide bonds. The molecular formula is C21H37N3. The van der Waals surface area contributed by atoms with Gasteiger partial charge in [0.15, 0.2) is 0 Å². The fraction of sp³-hybridized carbons (Fsp3) is 0.619. The second kappa shape index (κ2) is 9.73. The van der Waals surface area contributed by atoms with E-state index in [2.05, 4.69) is 87.6 Å². The quantitative estimate of drug-likeness (QED) is 0.634. The van der Waals surface area contributed by atoms with E-state index in [1.165, 1.54) is 18.5 Å². The van der Waals surface area contributed by atoms with Gasteiger partial charge in [0.25, 0.3) is 0 Å². The molecule has 1 aromatic carbocycles. The van der Waals surface area contributed by atoms with Gasteiger partial charge in [-0.25, -0.2) is 0 Å². The first-order chi connectivity index (χ1) is 11.2. The van der Waals surface area contributed by atoms with Gasteiger partial charge in [-0.2, -0.15) is 0 Å². The Morgan fingerprint density at radius 3 is 2.04 bits per heavy atom. The summed E-state index contributed by atoms with van der Waals surface area (Å²) in [5.74, 6) is 0. The zero-order chi connectivity index (χ0) is 18.2. The molecule has 0 aliphatic heterocycles. The third-order valence-electron chi connectivity index (χ3n) is 3.75. The summed E-state index contributed by atoms with van der Waals surface area (Å²) in [5.41, 5.74) is 3.76. The molecule has 24 heavy (non-hydrogen) atoms. The monoisotopic (exact) mass is 331 g/mol. The van der Waals surface area contributed by atoms with Crippen LogP contribution in [0.3, 0.4) is 0 Å². The van der Waals surface area contributed by atoms with Crippen molar-refractivity contribution in [3.63, 3.8) is 0 Å². The second-order valence-electron chi connectivity index (χ2n) is 8.00. The van der Waals surface area contributed by atoms with Crippen LogP contribution < -0.4 is 10.2 Å². The molecule has 0 bridgehead atoms. The predicted octanol–water partition coefficient (Wildman–Crippen LogP) is 5.22. The Kier molecular flexibility index (Phi) is 8.34. The maximum atomic E-state index is 4.17. The van der Waals surface area contributed by atoms with Crippen molar-refractivity contribution in [2.24, 2.45) is 5.41 Å². The Morgan fingerprint density at radius 1 is 1.04 bits per heavy atom. The maximum Gasteiger partial charge on any atom is 0.0383 e. The molecule has 0 spiro atoms. The van der Waals surface area contributed by atoms with Crippen LogP contribution in [0.15, 0.2) is 36.5 Å². The van der Waals surface area contributed by atoms with Crippen molar-refractivity contribution in [3.8, 4) is 0 Å². The van der Waals surface area contributed by atoms with Gasteiger partial charge in [-0.15, -0.1) is 0 Å². The van der Waals surface area contributed by atoms with E-state index in [0.29, 0.717) is 5.41 Å². The van der Waals surface area contributed by atoms with Gasteiger partial charge >= 0.3 is 0 Å². The molecule has 0 saturated carbocycles. The SMILES string of the molecule is C=C(CN(C)CC(C)(C)C)Nc1ccc(N(CCC)CCC)cc1. The summed E-state index contributed by atoms with van der Waals surface area (Å²) in [5, 5.41) is 3.43. The Morgan fingerprint density at radius 2 is 1.58 bits per heavy atom. The van der Waals surface area contributed by atoms with E-state index < -0.39 is 0 Å². The summed E-state index contributed by atoms with van der Waals surface area (Å²) in [6.45, 7) is 19.6. The minimum absolute atomic E-state index is 0.304. The Labute approximate surface area is 149 Å². The second-order valence-corrected chi connectivity index (χ2v) is 8.00. The van der Waals surface area contributed by atoms with Crippen LogP contribution in [-0.4, -0.2) is 38.1 Å². The Bertz CT molecular complexity index is 479. The molecule has 0 atom stereocenters. The average Bonchev–Trinajstić information content (AvgIpc) is 2.45. The Balaban J connectivity index is 2.58. The van der Waals surface area contributed by atoms with E-state index >= 15 is 0 Å². The van der Waals surface area contributed by atoms with E-state index in [-0.39, 0.29) is 0 Å². The van der Waals surface area contributed by atoms with Gasteiger partial charge in [-0.05, 0) is 49.6 Å². The molecule has 3 nitrogen and oxygen atoms in total. The molecular weight excluding hydrogens is 294 g/mol. The summed E-state index contributed by atoms with van der Waals surface area (Å²) in [4.78, 5) is 4.77. The molecule has 0 radical (unpaired) electrons. The van der Waals surface area contributed by atoms with Crippen LogP contribution in [0.1, 0.15) is 47.5 Å². The van der Waals surface area contributed by atoms with Gasteiger partial charge in [0.2, 0.25) is 0 Å². The van der Waals surface area contributed by atoms with Crippen LogP contribution in [0.2, 0.25) is 0 Å². The summed E-state index contributed by atoms with van der Waals surface area (Å²) in [7, 11) is 2.15. The highest BCUT2D eigenvalue weighted by molar-refractivity contribution is 5.57. The molecule has 1 aromatic rings. The lowest BCUT2D eigenvalue weighted by Crippen LogP contribution is -2.31. The third kappa shape index (κ3) is 7.87. The average molecular weight is 332 g/mol. The van der Waals surface area contributed by atoms with Crippen LogP contribution >= 0.6 is 0 Å². The van der Waals surface area contributed by atoms with Crippen molar-refractivity contribution >= 4 is 11.4 Å². The van der Waals surface area contributed by atoms with Gasteiger partial charge in [0.05, 0.1) is 0 Å². The topological polar surface area (TPSA) is 18.5 Å². The first-order valence-electron chi connectivity index (χ1n) is 9.23. The largest absolute Gasteiger partial charge is 0.372 e. The first kappa shape index (κ1) is 20.6. The Hall–Kier alpha value is -1.48. The smallest absolute Gasteiger partial charge is 0.0383 e. The zero-order valence-corrected chi connectivity index (χ0v) is 16.7. The maximum absolute atomic E-state index is 4.17. The lowest BCUT2D eigenvalue weighted by molar-refractivity contribution is 0.241. The van der Waals surface area contributed by atoms with Crippen LogP contribution in [-0.2, 0) is 0 Å². The molecule has 136 valence electrons. The lowest BCUT2D eigenvalue weighted by atomic mass is 9.96. The number of nitrogens with one attached hydrogen (secondary N) is 1. The van der Waals surface area contributed by atoms with E-state index in [1.54, 1.807) is 0 Å². The number of hydrogen-bond acceptors (Lipinski definition) is 3. The standard InChI is InChI=1S/C21H37N3/c1-8-14-24(15-9-2)20-12-10-19(11-13-20)22-18(3)16-23(7)17-21(4,5)6/h10-13,22H,3,8-9,14-17H2,1-2,4-7H3. The number of rotatable bonds is 10. The van der Waals surface area contributed by atoms with Crippen LogP contribution in [0.25, 0.3) is 0 Å². The molecule has 0 saturated heterocycles. The summed E-state index contributed by atoms with van der Waals surface area (Å²) < 4.78 is 0. The minimum Gasteiger partial charge on any atom is -0.372 e. The molecule has 0 aliphatic rings. The molecule has 0 aromatic heterocycles. The first-order valence-corrected chi connectivity index (χ1v) is 9.23. The van der Waals surface area contributed by atoms with Gasteiger partial charge < -0.3 is 15.1 Å². The van der Waals surface area contributed by atoms with Crippen molar-refractivity contribution in [2.45, 2.75) is 47.5 Å². The van der Waals surface area contributed by atoms with Gasteiger partial charge in [-0.3, -0.25) is 0 Å². The number of anilines is 2. The number of likely N-dealkylation sites (N-methyl/N-ethyl adjacent to an activating group) is 1. The molecule has 0 fully saturated rings. The van der Waals surface area contributed by atoms with E-state index in [0.717, 1.165) is 37.6 Å².